The Bertz CT molecular complexity index is 689. The van der Waals surface area contributed by atoms with E-state index in [-0.39, 0.29) is 23.1 Å². The van der Waals surface area contributed by atoms with Gasteiger partial charge in [-0.2, -0.15) is 5.10 Å². The third-order valence-corrected chi connectivity index (χ3v) is 6.63. The zero-order valence-electron chi connectivity index (χ0n) is 16.2. The van der Waals surface area contributed by atoms with Crippen molar-refractivity contribution < 1.29 is 14.3 Å². The lowest BCUT2D eigenvalue weighted by Crippen LogP contribution is -2.46. The first-order valence-electron chi connectivity index (χ1n) is 10.3. The van der Waals surface area contributed by atoms with Gasteiger partial charge in [0.1, 0.15) is 5.69 Å². The van der Waals surface area contributed by atoms with Crippen molar-refractivity contribution in [2.24, 2.45) is 11.3 Å². The summed E-state index contributed by atoms with van der Waals surface area (Å²) in [6.07, 6.45) is 8.04. The van der Waals surface area contributed by atoms with Crippen LogP contribution >= 0.6 is 0 Å². The van der Waals surface area contributed by atoms with Gasteiger partial charge in [-0.15, -0.1) is 0 Å². The number of nitrogens with one attached hydrogen (secondary N) is 1. The second-order valence-corrected chi connectivity index (χ2v) is 8.26. The van der Waals surface area contributed by atoms with Crippen molar-refractivity contribution in [2.75, 3.05) is 26.3 Å². The first kappa shape index (κ1) is 18.5. The molecule has 2 amide bonds. The third kappa shape index (κ3) is 3.61. The van der Waals surface area contributed by atoms with Crippen LogP contribution in [0, 0.1) is 11.3 Å². The average molecular weight is 374 g/mol. The van der Waals surface area contributed by atoms with Gasteiger partial charge in [0.05, 0.1) is 5.92 Å². The van der Waals surface area contributed by atoms with Crippen molar-refractivity contribution in [3.05, 3.63) is 18.0 Å². The Balaban J connectivity index is 1.51. The van der Waals surface area contributed by atoms with Gasteiger partial charge in [-0.3, -0.25) is 14.3 Å². The van der Waals surface area contributed by atoms with Gasteiger partial charge in [-0.25, -0.2) is 0 Å². The molecule has 3 heterocycles. The van der Waals surface area contributed by atoms with E-state index < -0.39 is 0 Å². The van der Waals surface area contributed by atoms with Crippen molar-refractivity contribution in [2.45, 2.75) is 58.0 Å². The second-order valence-electron chi connectivity index (χ2n) is 8.26. The molecular weight excluding hydrogens is 344 g/mol. The van der Waals surface area contributed by atoms with E-state index in [1.807, 2.05) is 18.0 Å². The molecule has 1 N–H and O–H groups in total. The van der Waals surface area contributed by atoms with Crippen LogP contribution in [0.1, 0.15) is 55.9 Å². The fourth-order valence-corrected chi connectivity index (χ4v) is 4.95. The number of nitrogens with zero attached hydrogens (tertiary/aromatic N) is 3. The maximum absolute atomic E-state index is 13.1. The standard InChI is InChI=1S/C20H30N4O3/c1-2-24-10-7-17(22-24)19(26)23-13-16(18(25)21-15-5-3-4-6-15)20(14-23)8-11-27-12-9-20/h7,10,15-16H,2-6,8-9,11-14H2,1H3,(H,21,25). The molecule has 1 aromatic rings. The molecule has 0 radical (unpaired) electrons. The van der Waals surface area contributed by atoms with Gasteiger partial charge in [0.25, 0.3) is 5.91 Å². The summed E-state index contributed by atoms with van der Waals surface area (Å²) in [7, 11) is 0. The molecule has 7 nitrogen and oxygen atoms in total. The van der Waals surface area contributed by atoms with Crippen LogP contribution in [0.4, 0.5) is 0 Å². The number of rotatable bonds is 4. The monoisotopic (exact) mass is 374 g/mol. The summed E-state index contributed by atoms with van der Waals surface area (Å²) >= 11 is 0. The van der Waals surface area contributed by atoms with Crippen LogP contribution in [0.25, 0.3) is 0 Å². The van der Waals surface area contributed by atoms with Crippen LogP contribution in [-0.4, -0.2) is 58.8 Å². The molecule has 27 heavy (non-hydrogen) atoms. The van der Waals surface area contributed by atoms with Crippen molar-refractivity contribution in [3.63, 3.8) is 0 Å². The lowest BCUT2D eigenvalue weighted by atomic mass is 9.71. The average Bonchev–Trinajstić information content (AvgIpc) is 3.42. The Morgan fingerprint density at radius 1 is 1.30 bits per heavy atom. The molecule has 7 heteroatoms. The van der Waals surface area contributed by atoms with Crippen LogP contribution in [0.2, 0.25) is 0 Å². The third-order valence-electron chi connectivity index (χ3n) is 6.63. The van der Waals surface area contributed by atoms with Crippen molar-refractivity contribution >= 4 is 11.8 Å². The van der Waals surface area contributed by atoms with Crippen LogP contribution < -0.4 is 5.32 Å². The first-order valence-corrected chi connectivity index (χ1v) is 10.3. The number of hydrogen-bond donors (Lipinski definition) is 1. The predicted octanol–water partition coefficient (Wildman–Crippen LogP) is 1.83. The molecule has 2 saturated heterocycles. The van der Waals surface area contributed by atoms with Crippen LogP contribution in [0.15, 0.2) is 12.3 Å². The summed E-state index contributed by atoms with van der Waals surface area (Å²) in [4.78, 5) is 28.0. The molecule has 1 spiro atoms. The molecule has 1 unspecified atom stereocenters. The minimum Gasteiger partial charge on any atom is -0.381 e. The second kappa shape index (κ2) is 7.62. The van der Waals surface area contributed by atoms with Crippen molar-refractivity contribution in [1.29, 1.82) is 0 Å². The molecule has 2 aliphatic heterocycles. The van der Waals surface area contributed by atoms with Gasteiger partial charge in [0, 0.05) is 50.5 Å². The Labute approximate surface area is 160 Å². The molecule has 0 bridgehead atoms. The van der Waals surface area contributed by atoms with E-state index in [9.17, 15) is 9.59 Å². The molecule has 1 aromatic heterocycles. The van der Waals surface area contributed by atoms with Crippen LogP contribution in [0.5, 0.6) is 0 Å². The molecule has 3 fully saturated rings. The van der Waals surface area contributed by atoms with E-state index >= 15 is 0 Å². The number of likely N-dealkylation sites (tertiary alicyclic amines) is 1. The zero-order valence-corrected chi connectivity index (χ0v) is 16.2. The lowest BCUT2D eigenvalue weighted by molar-refractivity contribution is -0.130. The number of hydrogen-bond acceptors (Lipinski definition) is 4. The summed E-state index contributed by atoms with van der Waals surface area (Å²) in [5.41, 5.74) is 0.306. The largest absolute Gasteiger partial charge is 0.381 e. The highest BCUT2D eigenvalue weighted by Gasteiger charge is 2.52. The predicted molar refractivity (Wildman–Crippen MR) is 100 cm³/mol. The van der Waals surface area contributed by atoms with E-state index in [4.69, 9.17) is 4.74 Å². The van der Waals surface area contributed by atoms with Crippen molar-refractivity contribution in [3.8, 4) is 0 Å². The smallest absolute Gasteiger partial charge is 0.274 e. The normalized spacial score (nSPS) is 25.2. The number of aryl methyl sites for hydroxylation is 1. The number of carbonyl (C=O) groups excluding carboxylic acids is 2. The Morgan fingerprint density at radius 3 is 2.70 bits per heavy atom. The molecule has 1 atom stereocenters. The summed E-state index contributed by atoms with van der Waals surface area (Å²) < 4.78 is 7.33. The van der Waals surface area contributed by atoms with Gasteiger partial charge in [0.15, 0.2) is 0 Å². The number of carbonyl (C=O) groups is 2. The maximum atomic E-state index is 13.1. The van der Waals surface area contributed by atoms with E-state index in [2.05, 4.69) is 10.4 Å². The molecule has 1 aliphatic carbocycles. The summed E-state index contributed by atoms with van der Waals surface area (Å²) in [5.74, 6) is -0.0957. The molecule has 3 aliphatic rings. The maximum Gasteiger partial charge on any atom is 0.274 e. The number of ether oxygens (including phenoxy) is 1. The highest BCUT2D eigenvalue weighted by Crippen LogP contribution is 2.45. The summed E-state index contributed by atoms with van der Waals surface area (Å²) in [6, 6.07) is 2.08. The van der Waals surface area contributed by atoms with Crippen LogP contribution in [0.3, 0.4) is 0 Å². The number of aromatic nitrogens is 2. The Morgan fingerprint density at radius 2 is 2.04 bits per heavy atom. The molecule has 1 saturated carbocycles. The van der Waals surface area contributed by atoms with E-state index in [1.165, 1.54) is 12.8 Å². The van der Waals surface area contributed by atoms with Gasteiger partial charge in [-0.1, -0.05) is 12.8 Å². The number of amides is 2. The fourth-order valence-electron chi connectivity index (χ4n) is 4.95. The topological polar surface area (TPSA) is 76.5 Å². The first-order chi connectivity index (χ1) is 13.1. The molecule has 4 rings (SSSR count). The summed E-state index contributed by atoms with van der Waals surface area (Å²) in [5, 5.41) is 7.63. The van der Waals surface area contributed by atoms with Gasteiger partial charge in [-0.05, 0) is 38.7 Å². The molecule has 148 valence electrons. The minimum atomic E-state index is -0.163. The van der Waals surface area contributed by atoms with E-state index in [0.717, 1.165) is 32.2 Å². The summed E-state index contributed by atoms with van der Waals surface area (Å²) in [6.45, 7) is 5.17. The zero-order chi connectivity index (χ0) is 18.9. The fraction of sp³-hybridized carbons (Fsp3) is 0.750. The minimum absolute atomic E-state index is 0.0655. The van der Waals surface area contributed by atoms with Gasteiger partial charge < -0.3 is 15.0 Å². The SMILES string of the molecule is CCn1ccc(C(=O)N2CC(C(=O)NC3CCCC3)C3(CCOCC3)C2)n1. The molecule has 0 aromatic carbocycles. The Kier molecular flexibility index (Phi) is 5.21. The van der Waals surface area contributed by atoms with Crippen molar-refractivity contribution in [1.82, 2.24) is 20.0 Å². The Hall–Kier alpha value is -1.89. The molecular formula is C20H30N4O3. The van der Waals surface area contributed by atoms with Gasteiger partial charge >= 0.3 is 0 Å². The lowest BCUT2D eigenvalue weighted by Gasteiger charge is -2.37. The quantitative estimate of drug-likeness (QED) is 0.872. The van der Waals surface area contributed by atoms with E-state index in [0.29, 0.717) is 38.0 Å². The van der Waals surface area contributed by atoms with Gasteiger partial charge in [0.2, 0.25) is 5.91 Å². The highest BCUT2D eigenvalue weighted by atomic mass is 16.5. The highest BCUT2D eigenvalue weighted by molar-refractivity contribution is 5.93. The van der Waals surface area contributed by atoms with Crippen LogP contribution in [-0.2, 0) is 16.1 Å². The van der Waals surface area contributed by atoms with E-state index in [1.54, 1.807) is 10.7 Å².